The average molecular weight is 266 g/mol. The summed E-state index contributed by atoms with van der Waals surface area (Å²) < 4.78 is 0. The Morgan fingerprint density at radius 2 is 1.06 bits per heavy atom. The van der Waals surface area contributed by atoms with Crippen molar-refractivity contribution in [2.24, 2.45) is 0 Å². The van der Waals surface area contributed by atoms with Crippen LogP contribution in [0.2, 0.25) is 0 Å². The first-order chi connectivity index (χ1) is 7.88. The van der Waals surface area contributed by atoms with Gasteiger partial charge in [-0.05, 0) is 22.3 Å². The molecule has 0 spiro atoms. The minimum atomic E-state index is 0. The third-order valence-corrected chi connectivity index (χ3v) is 3.14. The molecule has 98 valence electrons. The molecule has 3 rings (SSSR count). The van der Waals surface area contributed by atoms with Crippen LogP contribution >= 0.6 is 0 Å². The average Bonchev–Trinajstić information content (AvgIpc) is 2.67. The zero-order valence-corrected chi connectivity index (χ0v) is 11.3. The van der Waals surface area contributed by atoms with Crippen molar-refractivity contribution in [3.8, 4) is 11.1 Å². The molecule has 1 aliphatic carbocycles. The molecule has 0 saturated carbocycles. The van der Waals surface area contributed by atoms with Gasteiger partial charge in [-0.15, -0.1) is 0 Å². The summed E-state index contributed by atoms with van der Waals surface area (Å²) in [6, 6.07) is 17.4. The molecular weight excluding hydrogens is 244 g/mol. The van der Waals surface area contributed by atoms with Crippen molar-refractivity contribution in [2.75, 3.05) is 0 Å². The Hall–Kier alpha value is -0.300. The van der Waals surface area contributed by atoms with Crippen molar-refractivity contribution >= 4 is 0 Å². The zero-order valence-electron chi connectivity index (χ0n) is 10.5. The van der Waals surface area contributed by atoms with Gasteiger partial charge in [0.2, 0.25) is 0 Å². The molecule has 0 fully saturated rings. The summed E-state index contributed by atoms with van der Waals surface area (Å²) in [5.41, 5.74) is 5.76. The van der Waals surface area contributed by atoms with E-state index < -0.39 is 0 Å². The van der Waals surface area contributed by atoms with E-state index in [0.29, 0.717) is 5.92 Å². The van der Waals surface area contributed by atoms with Crippen molar-refractivity contribution in [2.45, 2.75) is 34.1 Å². The maximum Gasteiger partial charge on any atom is 0.00733 e. The summed E-state index contributed by atoms with van der Waals surface area (Å²) in [7, 11) is 0. The topological polar surface area (TPSA) is 0 Å². The van der Waals surface area contributed by atoms with Gasteiger partial charge in [0.15, 0.2) is 0 Å². The number of hydrogen-bond donors (Lipinski definition) is 0. The predicted octanol–water partition coefficient (Wildman–Crippen LogP) is 5.48. The summed E-state index contributed by atoms with van der Waals surface area (Å²) in [4.78, 5) is 0. The Balaban J connectivity index is 0.000000691. The molecule has 1 heteroatoms. The maximum atomic E-state index is 2.28. The molecule has 2 aromatic carbocycles. The van der Waals surface area contributed by atoms with E-state index in [-0.39, 0.29) is 45.2 Å². The minimum absolute atomic E-state index is 0. The smallest absolute Gasteiger partial charge is 0.00733 e. The van der Waals surface area contributed by atoms with Crippen LogP contribution in [0.15, 0.2) is 48.5 Å². The zero-order chi connectivity index (χ0) is 11.5. The molecule has 0 aromatic heterocycles. The molecule has 0 N–H and O–H groups in total. The summed E-state index contributed by atoms with van der Waals surface area (Å²) >= 11 is 0. The molecule has 0 heterocycles. The van der Waals surface area contributed by atoms with E-state index in [2.05, 4.69) is 55.5 Å². The monoisotopic (exact) mass is 266 g/mol. The number of rotatable bonds is 0. The van der Waals surface area contributed by atoms with E-state index >= 15 is 0 Å². The van der Waals surface area contributed by atoms with Crippen molar-refractivity contribution in [1.82, 2.24) is 0 Å². The van der Waals surface area contributed by atoms with Gasteiger partial charge in [-0.1, -0.05) is 76.7 Å². The van der Waals surface area contributed by atoms with Crippen molar-refractivity contribution < 1.29 is 37.7 Å². The molecule has 0 radical (unpaired) electrons. The third kappa shape index (κ3) is 2.99. The summed E-state index contributed by atoms with van der Waals surface area (Å²) in [5.74, 6) is 0.558. The van der Waals surface area contributed by atoms with Crippen LogP contribution in [-0.2, 0) is 0 Å². The molecule has 1 aliphatic rings. The van der Waals surface area contributed by atoms with Crippen LogP contribution in [0.25, 0.3) is 11.1 Å². The van der Waals surface area contributed by atoms with E-state index in [1.807, 2.05) is 13.8 Å². The Morgan fingerprint density at radius 3 is 1.44 bits per heavy atom. The Bertz CT molecular complexity index is 443. The van der Waals surface area contributed by atoms with Crippen molar-refractivity contribution in [3.63, 3.8) is 0 Å². The molecule has 0 nitrogen and oxygen atoms in total. The number of benzene rings is 2. The molecule has 0 aliphatic heterocycles. The normalized spacial score (nSPS) is 11.1. The Morgan fingerprint density at radius 1 is 0.722 bits per heavy atom. The van der Waals surface area contributed by atoms with E-state index in [4.69, 9.17) is 0 Å². The maximum absolute atomic E-state index is 2.28. The Labute approximate surface area is 141 Å². The first-order valence-corrected chi connectivity index (χ1v) is 6.06. The fourth-order valence-electron chi connectivity index (χ4n) is 2.41. The summed E-state index contributed by atoms with van der Waals surface area (Å²) in [6.45, 7) is 6.28. The van der Waals surface area contributed by atoms with Crippen LogP contribution in [0.1, 0.15) is 45.2 Å². The molecular formula is C17H22Ar. The quantitative estimate of drug-likeness (QED) is 0.592. The fourth-order valence-corrected chi connectivity index (χ4v) is 2.41. The minimum Gasteiger partial charge on any atom is -0.0776 e. The second-order valence-electron chi connectivity index (χ2n) is 3.90. The molecule has 0 bridgehead atoms. The van der Waals surface area contributed by atoms with Crippen LogP contribution in [0.4, 0.5) is 0 Å². The predicted molar refractivity (Wildman–Crippen MR) is 77.5 cm³/mol. The Kier molecular flexibility index (Phi) is 7.86. The second-order valence-corrected chi connectivity index (χ2v) is 3.90. The standard InChI is InChI=1S/C14H12.C2H6.CH4.Ar/c1-10-11-6-2-4-8-13(11)14-9-5-3-7-12(10)14;1-2;;/h2-10H,1H3;1-2H3;1H4;. The summed E-state index contributed by atoms with van der Waals surface area (Å²) in [5, 5.41) is 0. The molecule has 0 amide bonds. The largest absolute Gasteiger partial charge is 0.0776 e. The van der Waals surface area contributed by atoms with Crippen LogP contribution in [-0.4, -0.2) is 0 Å². The fraction of sp³-hybridized carbons (Fsp3) is 0.294. The van der Waals surface area contributed by atoms with Gasteiger partial charge in [0.25, 0.3) is 0 Å². The summed E-state index contributed by atoms with van der Waals surface area (Å²) in [6.07, 6.45) is 0. The van der Waals surface area contributed by atoms with Gasteiger partial charge in [-0.3, -0.25) is 0 Å². The van der Waals surface area contributed by atoms with Gasteiger partial charge < -0.3 is 0 Å². The number of fused-ring (bicyclic) bond motifs is 3. The molecule has 0 atom stereocenters. The van der Waals surface area contributed by atoms with Gasteiger partial charge in [0.1, 0.15) is 0 Å². The molecule has 2 aromatic rings. The van der Waals surface area contributed by atoms with Gasteiger partial charge in [0, 0.05) is 43.7 Å². The molecule has 18 heavy (non-hydrogen) atoms. The molecule has 0 saturated heterocycles. The van der Waals surface area contributed by atoms with Gasteiger partial charge >= 0.3 is 0 Å². The van der Waals surface area contributed by atoms with Crippen LogP contribution in [0.3, 0.4) is 0 Å². The van der Waals surface area contributed by atoms with E-state index in [1.165, 1.54) is 22.3 Å². The van der Waals surface area contributed by atoms with Crippen LogP contribution < -0.4 is 0 Å². The van der Waals surface area contributed by atoms with Crippen LogP contribution in [0, 0.1) is 37.7 Å². The van der Waals surface area contributed by atoms with Crippen molar-refractivity contribution in [1.29, 1.82) is 0 Å². The first kappa shape index (κ1) is 17.7. The van der Waals surface area contributed by atoms with E-state index in [9.17, 15) is 0 Å². The number of hydrogen-bond acceptors (Lipinski definition) is 0. The van der Waals surface area contributed by atoms with E-state index in [0.717, 1.165) is 0 Å². The van der Waals surface area contributed by atoms with Gasteiger partial charge in [-0.25, -0.2) is 0 Å². The second kappa shape index (κ2) is 7.99. The van der Waals surface area contributed by atoms with Crippen LogP contribution in [0.5, 0.6) is 0 Å². The third-order valence-electron chi connectivity index (χ3n) is 3.14. The molecule has 0 unspecified atom stereocenters. The van der Waals surface area contributed by atoms with Gasteiger partial charge in [0.05, 0.1) is 0 Å². The first-order valence-electron chi connectivity index (χ1n) is 6.06. The van der Waals surface area contributed by atoms with Gasteiger partial charge in [-0.2, -0.15) is 0 Å². The van der Waals surface area contributed by atoms with E-state index in [1.54, 1.807) is 0 Å². The SMILES string of the molecule is C.CC.CC1c2ccccc2-c2ccccc21.[Ar]. The van der Waals surface area contributed by atoms with Crippen molar-refractivity contribution in [3.05, 3.63) is 59.7 Å².